The monoisotopic (exact) mass is 227 g/mol. The van der Waals surface area contributed by atoms with Gasteiger partial charge in [0.15, 0.2) is 5.81 Å². The van der Waals surface area contributed by atoms with E-state index >= 15 is 0 Å². The SMILES string of the molecule is [B]C(=O)N1CCC(c2cc(C)cc(C)c2)CC1. The smallest absolute Gasteiger partial charge is 0.200 e. The van der Waals surface area contributed by atoms with Crippen LogP contribution in [0.1, 0.15) is 35.4 Å². The maximum Gasteiger partial charge on any atom is 0.200 e. The topological polar surface area (TPSA) is 20.3 Å². The maximum absolute atomic E-state index is 11.1. The molecule has 3 heteroatoms. The van der Waals surface area contributed by atoms with Crippen molar-refractivity contribution in [3.63, 3.8) is 0 Å². The van der Waals surface area contributed by atoms with E-state index in [1.54, 1.807) is 4.90 Å². The van der Waals surface area contributed by atoms with Crippen molar-refractivity contribution >= 4 is 13.7 Å². The molecule has 1 fully saturated rings. The van der Waals surface area contributed by atoms with Gasteiger partial charge in [-0.25, -0.2) is 0 Å². The van der Waals surface area contributed by atoms with Crippen LogP contribution in [0.5, 0.6) is 0 Å². The number of carbonyl (C=O) groups excluding carboxylic acids is 1. The zero-order valence-electron chi connectivity index (χ0n) is 10.6. The van der Waals surface area contributed by atoms with Gasteiger partial charge >= 0.3 is 0 Å². The molecule has 0 spiro atoms. The zero-order chi connectivity index (χ0) is 12.4. The van der Waals surface area contributed by atoms with Crippen molar-refractivity contribution in [1.82, 2.24) is 4.90 Å². The number of nitrogens with zero attached hydrogens (tertiary/aromatic N) is 1. The minimum Gasteiger partial charge on any atom is -0.353 e. The molecular formula is C14H18BNO. The molecule has 1 aliphatic heterocycles. The molecule has 0 aliphatic carbocycles. The lowest BCUT2D eigenvalue weighted by atomic mass is 9.87. The summed E-state index contributed by atoms with van der Waals surface area (Å²) in [5.74, 6) is 0.285. The summed E-state index contributed by atoms with van der Waals surface area (Å²) in [6.45, 7) is 5.84. The van der Waals surface area contributed by atoms with Gasteiger partial charge in [0.1, 0.15) is 0 Å². The third-order valence-electron chi connectivity index (χ3n) is 3.52. The van der Waals surface area contributed by atoms with Gasteiger partial charge in [0.25, 0.3) is 0 Å². The minimum atomic E-state index is -0.288. The summed E-state index contributed by atoms with van der Waals surface area (Å²) in [6.07, 6.45) is 2.04. The number of benzene rings is 1. The highest BCUT2D eigenvalue weighted by Crippen LogP contribution is 2.29. The minimum absolute atomic E-state index is 0.288. The molecule has 1 saturated heterocycles. The summed E-state index contributed by atoms with van der Waals surface area (Å²) in [5.41, 5.74) is 4.04. The second-order valence-corrected chi connectivity index (χ2v) is 5.02. The number of hydrogen-bond acceptors (Lipinski definition) is 1. The Morgan fingerprint density at radius 1 is 1.18 bits per heavy atom. The quantitative estimate of drug-likeness (QED) is 0.675. The lowest BCUT2D eigenvalue weighted by Crippen LogP contribution is -2.37. The molecule has 0 unspecified atom stereocenters. The van der Waals surface area contributed by atoms with E-state index in [2.05, 4.69) is 32.0 Å². The molecule has 1 aliphatic rings. The molecule has 0 N–H and O–H groups in total. The molecule has 1 heterocycles. The van der Waals surface area contributed by atoms with Crippen molar-refractivity contribution in [2.24, 2.45) is 0 Å². The zero-order valence-corrected chi connectivity index (χ0v) is 10.6. The van der Waals surface area contributed by atoms with Crippen LogP contribution in [0.4, 0.5) is 4.79 Å². The lowest BCUT2D eigenvalue weighted by molar-refractivity contribution is 0.204. The van der Waals surface area contributed by atoms with Crippen LogP contribution in [-0.2, 0) is 0 Å². The Hall–Kier alpha value is -1.25. The molecule has 0 bridgehead atoms. The van der Waals surface area contributed by atoms with E-state index in [0.29, 0.717) is 5.92 Å². The van der Waals surface area contributed by atoms with E-state index in [-0.39, 0.29) is 5.81 Å². The van der Waals surface area contributed by atoms with Gasteiger partial charge in [-0.05, 0) is 38.2 Å². The van der Waals surface area contributed by atoms with E-state index < -0.39 is 0 Å². The van der Waals surface area contributed by atoms with Crippen molar-refractivity contribution in [3.05, 3.63) is 34.9 Å². The molecule has 17 heavy (non-hydrogen) atoms. The predicted molar refractivity (Wildman–Crippen MR) is 70.6 cm³/mol. The number of amides is 1. The van der Waals surface area contributed by atoms with E-state index in [9.17, 15) is 4.79 Å². The van der Waals surface area contributed by atoms with Crippen LogP contribution in [0.15, 0.2) is 18.2 Å². The summed E-state index contributed by atoms with van der Waals surface area (Å²) in [6, 6.07) is 6.72. The van der Waals surface area contributed by atoms with Crippen molar-refractivity contribution in [2.75, 3.05) is 13.1 Å². The van der Waals surface area contributed by atoms with Crippen molar-refractivity contribution in [2.45, 2.75) is 32.6 Å². The van der Waals surface area contributed by atoms with Crippen LogP contribution in [0.3, 0.4) is 0 Å². The molecule has 1 amide bonds. The van der Waals surface area contributed by atoms with E-state index in [0.717, 1.165) is 25.9 Å². The Kier molecular flexibility index (Phi) is 3.56. The van der Waals surface area contributed by atoms with E-state index in [1.165, 1.54) is 16.7 Å². The normalized spacial score (nSPS) is 17.2. The van der Waals surface area contributed by atoms with E-state index in [1.807, 2.05) is 0 Å². The van der Waals surface area contributed by atoms with Crippen molar-refractivity contribution < 1.29 is 4.79 Å². The molecule has 1 aromatic carbocycles. The highest BCUT2D eigenvalue weighted by atomic mass is 16.1. The number of hydrogen-bond donors (Lipinski definition) is 0. The van der Waals surface area contributed by atoms with Crippen molar-refractivity contribution in [3.8, 4) is 0 Å². The van der Waals surface area contributed by atoms with Crippen LogP contribution in [-0.4, -0.2) is 31.6 Å². The van der Waals surface area contributed by atoms with Gasteiger partial charge in [0.05, 0.1) is 0 Å². The summed E-state index contributed by atoms with van der Waals surface area (Å²) in [7, 11) is 5.29. The fourth-order valence-corrected chi connectivity index (χ4v) is 2.68. The maximum atomic E-state index is 11.1. The lowest BCUT2D eigenvalue weighted by Gasteiger charge is -2.32. The highest BCUT2D eigenvalue weighted by molar-refractivity contribution is 6.56. The number of aryl methyl sites for hydroxylation is 2. The van der Waals surface area contributed by atoms with Crippen LogP contribution >= 0.6 is 0 Å². The summed E-state index contributed by atoms with van der Waals surface area (Å²) >= 11 is 0. The molecule has 2 rings (SSSR count). The summed E-state index contributed by atoms with van der Waals surface area (Å²) < 4.78 is 0. The molecule has 0 saturated carbocycles. The Morgan fingerprint density at radius 3 is 2.18 bits per heavy atom. The molecular weight excluding hydrogens is 209 g/mol. The van der Waals surface area contributed by atoms with Gasteiger partial charge in [-0.3, -0.25) is 4.79 Å². The summed E-state index contributed by atoms with van der Waals surface area (Å²) in [4.78, 5) is 12.8. The van der Waals surface area contributed by atoms with Crippen LogP contribution < -0.4 is 0 Å². The van der Waals surface area contributed by atoms with Gasteiger partial charge in [-0.15, -0.1) is 0 Å². The second-order valence-electron chi connectivity index (χ2n) is 5.02. The van der Waals surface area contributed by atoms with Crippen molar-refractivity contribution in [1.29, 1.82) is 0 Å². The fraction of sp³-hybridized carbons (Fsp3) is 0.500. The van der Waals surface area contributed by atoms with Gasteiger partial charge in [0, 0.05) is 13.1 Å². The average Bonchev–Trinajstić information content (AvgIpc) is 2.28. The summed E-state index contributed by atoms with van der Waals surface area (Å²) in [5, 5.41) is 0. The van der Waals surface area contributed by atoms with Crippen LogP contribution in [0, 0.1) is 13.8 Å². The first-order chi connectivity index (χ1) is 8.06. The molecule has 0 atom stereocenters. The van der Waals surface area contributed by atoms with Gasteiger partial charge in [-0.1, -0.05) is 29.3 Å². The fourth-order valence-electron chi connectivity index (χ4n) is 2.68. The molecule has 88 valence electrons. The Balaban J connectivity index is 2.07. The first-order valence-electron chi connectivity index (χ1n) is 6.19. The largest absolute Gasteiger partial charge is 0.353 e. The first kappa shape index (κ1) is 12.2. The number of carbonyl (C=O) groups is 1. The standard InChI is InChI=1S/C14H18BNO/c1-10-7-11(2)9-13(8-10)12-3-5-16(6-4-12)14(15)17/h7-9,12H,3-6H2,1-2H3. The number of likely N-dealkylation sites (tertiary alicyclic amines) is 1. The Labute approximate surface area is 104 Å². The van der Waals surface area contributed by atoms with Gasteiger partial charge < -0.3 is 4.90 Å². The Bertz CT molecular complexity index is 402. The molecule has 0 aromatic heterocycles. The average molecular weight is 227 g/mol. The molecule has 1 aromatic rings. The van der Waals surface area contributed by atoms with Crippen LogP contribution in [0.2, 0.25) is 0 Å². The molecule has 2 nitrogen and oxygen atoms in total. The number of rotatable bonds is 1. The van der Waals surface area contributed by atoms with E-state index in [4.69, 9.17) is 7.85 Å². The predicted octanol–water partition coefficient (Wildman–Crippen LogP) is 2.77. The Morgan fingerprint density at radius 2 is 1.71 bits per heavy atom. The first-order valence-corrected chi connectivity index (χ1v) is 6.19. The highest BCUT2D eigenvalue weighted by Gasteiger charge is 2.21. The van der Waals surface area contributed by atoms with Crippen LogP contribution in [0.25, 0.3) is 0 Å². The second kappa shape index (κ2) is 4.95. The molecule has 2 radical (unpaired) electrons. The third-order valence-corrected chi connectivity index (χ3v) is 3.52. The third kappa shape index (κ3) is 2.90. The van der Waals surface area contributed by atoms with Gasteiger partial charge in [0.2, 0.25) is 7.85 Å². The number of piperidine rings is 1. The van der Waals surface area contributed by atoms with Gasteiger partial charge in [-0.2, -0.15) is 0 Å².